The van der Waals surface area contributed by atoms with Gasteiger partial charge in [0.1, 0.15) is 5.58 Å². The van der Waals surface area contributed by atoms with Gasteiger partial charge in [0.2, 0.25) is 11.8 Å². The molecule has 1 amide bonds. The Morgan fingerprint density at radius 1 is 0.857 bits per heavy atom. The van der Waals surface area contributed by atoms with Gasteiger partial charge in [0.15, 0.2) is 5.76 Å². The Morgan fingerprint density at radius 3 is 2.05 bits per heavy atom. The van der Waals surface area contributed by atoms with Gasteiger partial charge in [-0.25, -0.2) is 9.97 Å². The third kappa shape index (κ3) is 5.94. The van der Waals surface area contributed by atoms with Crippen molar-refractivity contribution in [1.29, 1.82) is 0 Å². The number of carbonyl (C=O) groups excluding carboxylic acids is 1. The van der Waals surface area contributed by atoms with Crippen molar-refractivity contribution >= 4 is 33.9 Å². The fourth-order valence-electron chi connectivity index (χ4n) is 4.30. The average Bonchev–Trinajstić information content (AvgIpc) is 3.46. The van der Waals surface area contributed by atoms with Crippen molar-refractivity contribution in [3.8, 4) is 23.8 Å². The van der Waals surface area contributed by atoms with Crippen LogP contribution in [0.1, 0.15) is 21.7 Å². The monoisotopic (exact) mass is 571 g/mol. The largest absolute Gasteiger partial charge is 0.481 e. The Hall–Kier alpha value is -5.59. The maximum Gasteiger partial charge on any atom is 0.319 e. The lowest BCUT2D eigenvalue weighted by molar-refractivity contribution is 0.0998. The minimum atomic E-state index is -0.414. The molecule has 0 saturated carbocycles. The minimum absolute atomic E-state index is 0.146. The molecule has 3 heterocycles. The van der Waals surface area contributed by atoms with Gasteiger partial charge in [-0.1, -0.05) is 12.1 Å². The van der Waals surface area contributed by atoms with E-state index in [0.717, 1.165) is 11.1 Å². The topological polar surface area (TPSA) is 160 Å². The molecule has 0 aliphatic carbocycles. The number of hydrogen-bond acceptors (Lipinski definition) is 12. The molecule has 3 N–H and O–H groups in total. The third-order valence-corrected chi connectivity index (χ3v) is 6.38. The molecule has 0 bridgehead atoms. The molecule has 5 aromatic rings. The number of methoxy groups -OCH3 is 4. The van der Waals surface area contributed by atoms with Gasteiger partial charge >= 0.3 is 12.0 Å². The van der Waals surface area contributed by atoms with Crippen LogP contribution in [-0.4, -0.2) is 54.3 Å². The van der Waals surface area contributed by atoms with Gasteiger partial charge < -0.3 is 39.3 Å². The number of rotatable bonds is 11. The van der Waals surface area contributed by atoms with Crippen LogP contribution in [0.5, 0.6) is 23.8 Å². The summed E-state index contributed by atoms with van der Waals surface area (Å²) in [5, 5.41) is 3.51. The number of anilines is 3. The van der Waals surface area contributed by atoms with Crippen LogP contribution in [0.25, 0.3) is 11.0 Å². The Balaban J connectivity index is 1.50. The van der Waals surface area contributed by atoms with Gasteiger partial charge in [-0.15, -0.1) is 0 Å². The molecule has 5 rings (SSSR count). The number of fused-ring (bicyclic) bond motifs is 1. The van der Waals surface area contributed by atoms with Crippen LogP contribution >= 0.6 is 0 Å². The zero-order valence-electron chi connectivity index (χ0n) is 23.5. The summed E-state index contributed by atoms with van der Waals surface area (Å²) in [4.78, 5) is 32.1. The molecule has 0 unspecified atom stereocenters. The van der Waals surface area contributed by atoms with Crippen molar-refractivity contribution in [2.45, 2.75) is 13.1 Å². The number of nitrogens with one attached hydrogen (secondary N) is 1. The summed E-state index contributed by atoms with van der Waals surface area (Å²) in [6.07, 6.45) is 3.29. The van der Waals surface area contributed by atoms with Crippen molar-refractivity contribution in [3.63, 3.8) is 0 Å². The standard InChI is InChI=1S/C29H29N7O6/c1-38-26-18(13-31-28(34-26)40-3)15-36(16-19-14-32-29(41-4)35-27(19)39-2)20-9-10-23-17(11-20)12-24(42-23)25(37)33-22-8-6-5-7-21(22)30/h5-14H,15-16,30H2,1-4H3,(H,33,37). The second-order valence-electron chi connectivity index (χ2n) is 9.01. The first-order valence-corrected chi connectivity index (χ1v) is 12.7. The maximum atomic E-state index is 12.9. The van der Waals surface area contributed by atoms with E-state index in [1.165, 1.54) is 28.4 Å². The van der Waals surface area contributed by atoms with Crippen molar-refractivity contribution in [2.75, 3.05) is 44.4 Å². The number of ether oxygens (including phenoxy) is 4. The van der Waals surface area contributed by atoms with Gasteiger partial charge in [-0.05, 0) is 36.4 Å². The number of aromatic nitrogens is 4. The van der Waals surface area contributed by atoms with E-state index < -0.39 is 5.91 Å². The van der Waals surface area contributed by atoms with E-state index in [4.69, 9.17) is 29.1 Å². The highest BCUT2D eigenvalue weighted by atomic mass is 16.5. The normalized spacial score (nSPS) is 10.8. The first kappa shape index (κ1) is 28.0. The highest BCUT2D eigenvalue weighted by Crippen LogP contribution is 2.31. The SMILES string of the molecule is COc1ncc(CN(Cc2cnc(OC)nc2OC)c2ccc3oc(C(=O)Nc4ccccc4N)cc3c2)c(OC)n1. The van der Waals surface area contributed by atoms with Crippen LogP contribution in [0.4, 0.5) is 17.1 Å². The number of furan rings is 1. The molecular formula is C29H29N7O6. The van der Waals surface area contributed by atoms with E-state index in [1.54, 1.807) is 48.8 Å². The average molecular weight is 572 g/mol. The number of hydrogen-bond donors (Lipinski definition) is 2. The van der Waals surface area contributed by atoms with E-state index in [2.05, 4.69) is 25.3 Å². The van der Waals surface area contributed by atoms with E-state index in [0.29, 0.717) is 52.9 Å². The molecular weight excluding hydrogens is 542 g/mol. The van der Waals surface area contributed by atoms with E-state index in [-0.39, 0.29) is 17.8 Å². The van der Waals surface area contributed by atoms with Crippen molar-refractivity contribution < 1.29 is 28.2 Å². The lowest BCUT2D eigenvalue weighted by Gasteiger charge is -2.26. The molecule has 2 aromatic carbocycles. The molecule has 42 heavy (non-hydrogen) atoms. The molecule has 0 spiro atoms. The van der Waals surface area contributed by atoms with Crippen molar-refractivity contribution in [3.05, 3.63) is 77.8 Å². The van der Waals surface area contributed by atoms with E-state index in [1.807, 2.05) is 17.0 Å². The summed E-state index contributed by atoms with van der Waals surface area (Å²) in [5.41, 5.74) is 9.69. The maximum absolute atomic E-state index is 12.9. The fraction of sp³-hybridized carbons (Fsp3) is 0.207. The van der Waals surface area contributed by atoms with Gasteiger partial charge in [-0.3, -0.25) is 4.79 Å². The molecule has 0 atom stereocenters. The first-order valence-electron chi connectivity index (χ1n) is 12.7. The fourth-order valence-corrected chi connectivity index (χ4v) is 4.30. The summed E-state index contributed by atoms with van der Waals surface area (Å²) in [7, 11) is 6.03. The molecule has 13 nitrogen and oxygen atoms in total. The molecule has 0 aliphatic heterocycles. The molecule has 0 fully saturated rings. The summed E-state index contributed by atoms with van der Waals surface area (Å²) >= 11 is 0. The van der Waals surface area contributed by atoms with Gasteiger partial charge in [0, 0.05) is 23.5 Å². The third-order valence-electron chi connectivity index (χ3n) is 6.38. The summed E-state index contributed by atoms with van der Waals surface area (Å²) in [5.74, 6) is 0.469. The number of nitrogens with two attached hydrogens (primary N) is 1. The van der Waals surface area contributed by atoms with E-state index >= 15 is 0 Å². The summed E-state index contributed by atoms with van der Waals surface area (Å²) in [6, 6.07) is 14.7. The second kappa shape index (κ2) is 12.3. The number of benzene rings is 2. The second-order valence-corrected chi connectivity index (χ2v) is 9.01. The van der Waals surface area contributed by atoms with Gasteiger partial charge in [0.05, 0.1) is 64.0 Å². The number of para-hydroxylation sites is 2. The number of amides is 1. The molecule has 13 heteroatoms. The zero-order chi connectivity index (χ0) is 29.6. The lowest BCUT2D eigenvalue weighted by atomic mass is 10.1. The van der Waals surface area contributed by atoms with Gasteiger partial charge in [-0.2, -0.15) is 9.97 Å². The van der Waals surface area contributed by atoms with Crippen LogP contribution in [0, 0.1) is 0 Å². The van der Waals surface area contributed by atoms with E-state index in [9.17, 15) is 4.79 Å². The molecule has 216 valence electrons. The number of nitrogens with zero attached hydrogens (tertiary/aromatic N) is 5. The first-order chi connectivity index (χ1) is 20.4. The Labute approximate surface area is 241 Å². The number of carbonyl (C=O) groups is 1. The predicted molar refractivity (Wildman–Crippen MR) is 155 cm³/mol. The van der Waals surface area contributed by atoms with Crippen LogP contribution in [0.15, 0.2) is 65.3 Å². The van der Waals surface area contributed by atoms with Crippen molar-refractivity contribution in [2.24, 2.45) is 0 Å². The molecule has 0 aliphatic rings. The quantitative estimate of drug-likeness (QED) is 0.219. The highest BCUT2D eigenvalue weighted by molar-refractivity contribution is 6.06. The molecule has 0 radical (unpaired) electrons. The zero-order valence-corrected chi connectivity index (χ0v) is 23.5. The van der Waals surface area contributed by atoms with Gasteiger partial charge in [0.25, 0.3) is 5.91 Å². The van der Waals surface area contributed by atoms with Crippen LogP contribution in [0.2, 0.25) is 0 Å². The van der Waals surface area contributed by atoms with Crippen LogP contribution in [0.3, 0.4) is 0 Å². The Bertz CT molecular complexity index is 1670. The predicted octanol–water partition coefficient (Wildman–Crippen LogP) is 4.09. The highest BCUT2D eigenvalue weighted by Gasteiger charge is 2.20. The molecule has 3 aromatic heterocycles. The van der Waals surface area contributed by atoms with Crippen LogP contribution in [-0.2, 0) is 13.1 Å². The Morgan fingerprint density at radius 2 is 1.48 bits per heavy atom. The number of nitrogen functional groups attached to an aromatic ring is 1. The minimum Gasteiger partial charge on any atom is -0.481 e. The molecule has 0 saturated heterocycles. The smallest absolute Gasteiger partial charge is 0.319 e. The Kier molecular flexibility index (Phi) is 8.18. The summed E-state index contributed by atoms with van der Waals surface area (Å²) < 4.78 is 27.2. The lowest BCUT2D eigenvalue weighted by Crippen LogP contribution is -2.23. The summed E-state index contributed by atoms with van der Waals surface area (Å²) in [6.45, 7) is 0.679. The van der Waals surface area contributed by atoms with Crippen molar-refractivity contribution in [1.82, 2.24) is 19.9 Å². The van der Waals surface area contributed by atoms with Crippen LogP contribution < -0.4 is 34.9 Å².